The molecular formula is C16H26ClN. The van der Waals surface area contributed by atoms with E-state index in [2.05, 4.69) is 51.2 Å². The van der Waals surface area contributed by atoms with E-state index in [1.165, 1.54) is 12.0 Å². The summed E-state index contributed by atoms with van der Waals surface area (Å²) < 4.78 is 0. The minimum absolute atomic E-state index is 0.522. The van der Waals surface area contributed by atoms with Gasteiger partial charge in [-0.3, -0.25) is 0 Å². The van der Waals surface area contributed by atoms with E-state index in [1.807, 2.05) is 6.07 Å². The Labute approximate surface area is 117 Å². The second-order valence-corrected chi connectivity index (χ2v) is 5.73. The Balaban J connectivity index is 2.90. The van der Waals surface area contributed by atoms with Gasteiger partial charge in [0.05, 0.1) is 0 Å². The number of nitrogens with one attached hydrogen (secondary N) is 1. The number of rotatable bonds is 7. The van der Waals surface area contributed by atoms with Crippen molar-refractivity contribution in [2.24, 2.45) is 5.92 Å². The van der Waals surface area contributed by atoms with Gasteiger partial charge in [-0.25, -0.2) is 0 Å². The Bertz CT molecular complexity index is 349. The van der Waals surface area contributed by atoms with E-state index >= 15 is 0 Å². The third-order valence-corrected chi connectivity index (χ3v) is 3.73. The van der Waals surface area contributed by atoms with Crippen molar-refractivity contribution in [2.75, 3.05) is 6.54 Å². The topological polar surface area (TPSA) is 12.0 Å². The molecule has 2 heteroatoms. The molecule has 1 aromatic carbocycles. The van der Waals surface area contributed by atoms with Gasteiger partial charge in [-0.05, 0) is 48.9 Å². The number of benzene rings is 1. The highest BCUT2D eigenvalue weighted by molar-refractivity contribution is 6.30. The molecule has 0 radical (unpaired) electrons. The van der Waals surface area contributed by atoms with E-state index in [4.69, 9.17) is 11.6 Å². The van der Waals surface area contributed by atoms with Crippen molar-refractivity contribution in [3.63, 3.8) is 0 Å². The number of halogens is 1. The molecule has 2 atom stereocenters. The van der Waals surface area contributed by atoms with Gasteiger partial charge in [-0.1, -0.05) is 51.4 Å². The SMILES string of the molecule is CCCNC(C(C)C)C(CC)c1cccc(Cl)c1. The molecule has 0 spiro atoms. The molecule has 1 rings (SSSR count). The zero-order chi connectivity index (χ0) is 13.5. The molecule has 1 N–H and O–H groups in total. The van der Waals surface area contributed by atoms with Crippen molar-refractivity contribution in [1.29, 1.82) is 0 Å². The Morgan fingerprint density at radius 3 is 2.44 bits per heavy atom. The first-order valence-corrected chi connectivity index (χ1v) is 7.46. The van der Waals surface area contributed by atoms with Crippen LogP contribution in [0.2, 0.25) is 5.02 Å². The van der Waals surface area contributed by atoms with Gasteiger partial charge in [0.15, 0.2) is 0 Å². The van der Waals surface area contributed by atoms with Crippen LogP contribution in [0.15, 0.2) is 24.3 Å². The van der Waals surface area contributed by atoms with Gasteiger partial charge in [-0.15, -0.1) is 0 Å². The second kappa shape index (κ2) is 7.81. The highest BCUT2D eigenvalue weighted by Crippen LogP contribution is 2.29. The lowest BCUT2D eigenvalue weighted by atomic mass is 9.83. The first-order chi connectivity index (χ1) is 8.60. The minimum Gasteiger partial charge on any atom is -0.313 e. The standard InChI is InChI=1S/C16H26ClN/c1-5-10-18-16(12(3)4)15(6-2)13-8-7-9-14(17)11-13/h7-9,11-12,15-16,18H,5-6,10H2,1-4H3. The summed E-state index contributed by atoms with van der Waals surface area (Å²) in [4.78, 5) is 0. The molecule has 0 bridgehead atoms. The molecule has 0 saturated carbocycles. The third-order valence-electron chi connectivity index (χ3n) is 3.50. The third kappa shape index (κ3) is 4.29. The van der Waals surface area contributed by atoms with E-state index < -0.39 is 0 Å². The van der Waals surface area contributed by atoms with Gasteiger partial charge in [0.25, 0.3) is 0 Å². The molecule has 102 valence electrons. The quantitative estimate of drug-likeness (QED) is 0.744. The zero-order valence-electron chi connectivity index (χ0n) is 12.0. The Morgan fingerprint density at radius 1 is 1.22 bits per heavy atom. The summed E-state index contributed by atoms with van der Waals surface area (Å²) in [7, 11) is 0. The van der Waals surface area contributed by atoms with E-state index in [-0.39, 0.29) is 0 Å². The van der Waals surface area contributed by atoms with Crippen LogP contribution in [0.25, 0.3) is 0 Å². The first-order valence-electron chi connectivity index (χ1n) is 7.09. The van der Waals surface area contributed by atoms with Crippen molar-refractivity contribution in [3.05, 3.63) is 34.9 Å². The summed E-state index contributed by atoms with van der Waals surface area (Å²) in [6, 6.07) is 8.83. The van der Waals surface area contributed by atoms with Crippen LogP contribution in [0.1, 0.15) is 52.0 Å². The maximum atomic E-state index is 6.11. The molecule has 0 aromatic heterocycles. The predicted molar refractivity (Wildman–Crippen MR) is 81.4 cm³/mol. The predicted octanol–water partition coefficient (Wildman–Crippen LogP) is 4.86. The van der Waals surface area contributed by atoms with E-state index in [0.717, 1.165) is 18.0 Å². The molecule has 0 heterocycles. The first kappa shape index (κ1) is 15.5. The largest absolute Gasteiger partial charge is 0.313 e. The van der Waals surface area contributed by atoms with E-state index in [9.17, 15) is 0 Å². The van der Waals surface area contributed by atoms with Crippen LogP contribution in [-0.4, -0.2) is 12.6 Å². The number of hydrogen-bond donors (Lipinski definition) is 1. The van der Waals surface area contributed by atoms with Crippen LogP contribution >= 0.6 is 11.6 Å². The fourth-order valence-corrected chi connectivity index (χ4v) is 2.79. The van der Waals surface area contributed by atoms with E-state index in [1.54, 1.807) is 0 Å². The monoisotopic (exact) mass is 267 g/mol. The molecule has 2 unspecified atom stereocenters. The van der Waals surface area contributed by atoms with Crippen molar-refractivity contribution in [1.82, 2.24) is 5.32 Å². The van der Waals surface area contributed by atoms with Crippen LogP contribution in [0.3, 0.4) is 0 Å². The van der Waals surface area contributed by atoms with Gasteiger partial charge in [-0.2, -0.15) is 0 Å². The average molecular weight is 268 g/mol. The molecule has 0 fully saturated rings. The fraction of sp³-hybridized carbons (Fsp3) is 0.625. The summed E-state index contributed by atoms with van der Waals surface area (Å²) in [6.07, 6.45) is 2.31. The van der Waals surface area contributed by atoms with Gasteiger partial charge < -0.3 is 5.32 Å². The van der Waals surface area contributed by atoms with Crippen LogP contribution in [-0.2, 0) is 0 Å². The summed E-state index contributed by atoms with van der Waals surface area (Å²) in [5.41, 5.74) is 1.35. The summed E-state index contributed by atoms with van der Waals surface area (Å²) in [5, 5.41) is 4.53. The fourth-order valence-electron chi connectivity index (χ4n) is 2.59. The smallest absolute Gasteiger partial charge is 0.0408 e. The lowest BCUT2D eigenvalue weighted by molar-refractivity contribution is 0.335. The maximum absolute atomic E-state index is 6.11. The zero-order valence-corrected chi connectivity index (χ0v) is 12.8. The Kier molecular flexibility index (Phi) is 6.73. The highest BCUT2D eigenvalue weighted by Gasteiger charge is 2.23. The summed E-state index contributed by atoms with van der Waals surface area (Å²) in [6.45, 7) is 10.1. The van der Waals surface area contributed by atoms with Crippen LogP contribution in [0.5, 0.6) is 0 Å². The van der Waals surface area contributed by atoms with Crippen molar-refractivity contribution >= 4 is 11.6 Å². The minimum atomic E-state index is 0.522. The highest BCUT2D eigenvalue weighted by atomic mass is 35.5. The van der Waals surface area contributed by atoms with Gasteiger partial charge >= 0.3 is 0 Å². The summed E-state index contributed by atoms with van der Waals surface area (Å²) >= 11 is 6.11. The lowest BCUT2D eigenvalue weighted by Gasteiger charge is -2.31. The van der Waals surface area contributed by atoms with Crippen LogP contribution in [0.4, 0.5) is 0 Å². The molecule has 0 aliphatic rings. The molecule has 1 nitrogen and oxygen atoms in total. The maximum Gasteiger partial charge on any atom is 0.0408 e. The van der Waals surface area contributed by atoms with Gasteiger partial charge in [0.1, 0.15) is 0 Å². The number of hydrogen-bond acceptors (Lipinski definition) is 1. The van der Waals surface area contributed by atoms with E-state index in [0.29, 0.717) is 17.9 Å². The van der Waals surface area contributed by atoms with Crippen LogP contribution < -0.4 is 5.32 Å². The molecule has 1 aromatic rings. The Morgan fingerprint density at radius 2 is 1.94 bits per heavy atom. The van der Waals surface area contributed by atoms with Gasteiger partial charge in [0, 0.05) is 11.1 Å². The normalized spacial score (nSPS) is 14.8. The Hall–Kier alpha value is -0.530. The lowest BCUT2D eigenvalue weighted by Crippen LogP contribution is -2.39. The molecular weight excluding hydrogens is 242 g/mol. The molecule has 0 aliphatic heterocycles. The second-order valence-electron chi connectivity index (χ2n) is 5.29. The van der Waals surface area contributed by atoms with Gasteiger partial charge in [0.2, 0.25) is 0 Å². The molecule has 0 amide bonds. The van der Waals surface area contributed by atoms with Crippen molar-refractivity contribution < 1.29 is 0 Å². The summed E-state index contributed by atoms with van der Waals surface area (Å²) in [5.74, 6) is 1.16. The van der Waals surface area contributed by atoms with Crippen LogP contribution in [0, 0.1) is 5.92 Å². The van der Waals surface area contributed by atoms with Crippen molar-refractivity contribution in [2.45, 2.75) is 52.5 Å². The molecule has 0 saturated heterocycles. The van der Waals surface area contributed by atoms with Crippen molar-refractivity contribution in [3.8, 4) is 0 Å². The average Bonchev–Trinajstić information content (AvgIpc) is 2.34. The molecule has 18 heavy (non-hydrogen) atoms. The molecule has 0 aliphatic carbocycles.